The number of carbonyl (C=O) groups is 1. The zero-order valence-electron chi connectivity index (χ0n) is 12.2. The summed E-state index contributed by atoms with van der Waals surface area (Å²) >= 11 is 0. The van der Waals surface area contributed by atoms with Gasteiger partial charge in [-0.3, -0.25) is 0 Å². The van der Waals surface area contributed by atoms with Crippen LogP contribution in [0.5, 0.6) is 0 Å². The molecule has 0 atom stereocenters. The molecule has 1 heterocycles. The number of carboxylic acids is 1. The van der Waals surface area contributed by atoms with Crippen LogP contribution in [0.4, 0.5) is 0 Å². The van der Waals surface area contributed by atoms with Gasteiger partial charge in [0, 0.05) is 13.1 Å². The van der Waals surface area contributed by atoms with Gasteiger partial charge in [-0.05, 0) is 45.1 Å². The number of aromatic carboxylic acids is 1. The number of hydrogen-bond acceptors (Lipinski definition) is 4. The van der Waals surface area contributed by atoms with Crippen molar-refractivity contribution >= 4 is 16.0 Å². The van der Waals surface area contributed by atoms with Crippen molar-refractivity contribution in [1.82, 2.24) is 9.21 Å². The van der Waals surface area contributed by atoms with Gasteiger partial charge in [-0.15, -0.1) is 0 Å². The SMILES string of the molecule is CN1CCC(N(C)S(=O)(=O)c2ccccc2C(=O)O)CC1. The monoisotopic (exact) mass is 312 g/mol. The Labute approximate surface area is 125 Å². The second-order valence-corrected chi connectivity index (χ2v) is 7.32. The van der Waals surface area contributed by atoms with Crippen LogP contribution >= 0.6 is 0 Å². The van der Waals surface area contributed by atoms with Crippen LogP contribution in [0.15, 0.2) is 29.2 Å². The van der Waals surface area contributed by atoms with Crippen LogP contribution in [0.25, 0.3) is 0 Å². The van der Waals surface area contributed by atoms with E-state index in [4.69, 9.17) is 5.11 Å². The van der Waals surface area contributed by atoms with E-state index in [1.54, 1.807) is 6.07 Å². The van der Waals surface area contributed by atoms with Crippen molar-refractivity contribution < 1.29 is 18.3 Å². The first-order chi connectivity index (χ1) is 9.84. The normalized spacial score (nSPS) is 18.0. The van der Waals surface area contributed by atoms with Crippen LogP contribution < -0.4 is 0 Å². The Hall–Kier alpha value is -1.44. The number of likely N-dealkylation sites (tertiary alicyclic amines) is 1. The number of rotatable bonds is 4. The van der Waals surface area contributed by atoms with Crippen molar-refractivity contribution in [1.29, 1.82) is 0 Å². The third-order valence-corrected chi connectivity index (χ3v) is 5.95. The van der Waals surface area contributed by atoms with E-state index in [-0.39, 0.29) is 16.5 Å². The first kappa shape index (κ1) is 15.9. The highest BCUT2D eigenvalue weighted by Crippen LogP contribution is 2.24. The zero-order chi connectivity index (χ0) is 15.6. The lowest BCUT2D eigenvalue weighted by Gasteiger charge is -2.34. The summed E-state index contributed by atoms with van der Waals surface area (Å²) in [5.74, 6) is -1.23. The first-order valence-electron chi connectivity index (χ1n) is 6.83. The van der Waals surface area contributed by atoms with Crippen molar-refractivity contribution in [2.24, 2.45) is 0 Å². The quantitative estimate of drug-likeness (QED) is 0.901. The minimum absolute atomic E-state index is 0.0898. The molecule has 1 saturated heterocycles. The molecule has 1 aromatic carbocycles. The minimum atomic E-state index is -3.80. The molecule has 0 aromatic heterocycles. The molecule has 2 rings (SSSR count). The third-order valence-electron chi connectivity index (χ3n) is 3.98. The van der Waals surface area contributed by atoms with Crippen LogP contribution in [-0.2, 0) is 10.0 Å². The van der Waals surface area contributed by atoms with Gasteiger partial charge in [-0.2, -0.15) is 4.31 Å². The van der Waals surface area contributed by atoms with Crippen LogP contribution in [-0.4, -0.2) is 61.9 Å². The summed E-state index contributed by atoms with van der Waals surface area (Å²) in [7, 11) is -0.262. The standard InChI is InChI=1S/C14H20N2O4S/c1-15-9-7-11(8-10-15)16(2)21(19,20)13-6-4-3-5-12(13)14(17)18/h3-6,11H,7-10H2,1-2H3,(H,17,18). The molecule has 0 amide bonds. The topological polar surface area (TPSA) is 77.9 Å². The number of carboxylic acid groups (broad SMARTS) is 1. The Bertz CT molecular complexity index is 622. The Morgan fingerprint density at radius 1 is 1.29 bits per heavy atom. The number of sulfonamides is 1. The van der Waals surface area contributed by atoms with Crippen molar-refractivity contribution in [3.05, 3.63) is 29.8 Å². The van der Waals surface area contributed by atoms with Gasteiger partial charge in [0.1, 0.15) is 0 Å². The summed E-state index contributed by atoms with van der Waals surface area (Å²) < 4.78 is 26.7. The molecule has 0 bridgehead atoms. The van der Waals surface area contributed by atoms with Gasteiger partial charge in [0.2, 0.25) is 10.0 Å². The molecule has 1 fully saturated rings. The Balaban J connectivity index is 2.32. The Morgan fingerprint density at radius 2 is 1.86 bits per heavy atom. The lowest BCUT2D eigenvalue weighted by atomic mass is 10.1. The number of hydrogen-bond donors (Lipinski definition) is 1. The van der Waals surface area contributed by atoms with Gasteiger partial charge in [-0.1, -0.05) is 12.1 Å². The Morgan fingerprint density at radius 3 is 2.43 bits per heavy atom. The maximum Gasteiger partial charge on any atom is 0.337 e. The molecule has 1 aliphatic heterocycles. The fraction of sp³-hybridized carbons (Fsp3) is 0.500. The maximum atomic E-state index is 12.7. The maximum absolute atomic E-state index is 12.7. The molecule has 1 aromatic rings. The second-order valence-electron chi connectivity index (χ2n) is 5.36. The fourth-order valence-electron chi connectivity index (χ4n) is 2.58. The average molecular weight is 312 g/mol. The highest BCUT2D eigenvalue weighted by molar-refractivity contribution is 7.89. The summed E-state index contributed by atoms with van der Waals surface area (Å²) in [5, 5.41) is 9.17. The summed E-state index contributed by atoms with van der Waals surface area (Å²) in [4.78, 5) is 13.2. The average Bonchev–Trinajstić information content (AvgIpc) is 2.47. The van der Waals surface area contributed by atoms with Crippen molar-refractivity contribution in [3.8, 4) is 0 Å². The molecule has 21 heavy (non-hydrogen) atoms. The number of piperidine rings is 1. The molecule has 1 N–H and O–H groups in total. The highest BCUT2D eigenvalue weighted by atomic mass is 32.2. The lowest BCUT2D eigenvalue weighted by molar-refractivity contribution is 0.0692. The predicted octanol–water partition coefficient (Wildman–Crippen LogP) is 1.10. The van der Waals surface area contributed by atoms with Crippen molar-refractivity contribution in [2.75, 3.05) is 27.2 Å². The van der Waals surface area contributed by atoms with Crippen LogP contribution in [0.1, 0.15) is 23.2 Å². The van der Waals surface area contributed by atoms with Gasteiger partial charge < -0.3 is 10.0 Å². The van der Waals surface area contributed by atoms with E-state index in [0.717, 1.165) is 25.9 Å². The van der Waals surface area contributed by atoms with Crippen molar-refractivity contribution in [3.63, 3.8) is 0 Å². The molecule has 7 heteroatoms. The molecule has 0 unspecified atom stereocenters. The molecule has 116 valence electrons. The van der Waals surface area contributed by atoms with Gasteiger partial charge >= 0.3 is 5.97 Å². The van der Waals surface area contributed by atoms with E-state index in [0.29, 0.717) is 0 Å². The molecule has 1 aliphatic rings. The third kappa shape index (κ3) is 3.25. The van der Waals surface area contributed by atoms with E-state index in [9.17, 15) is 13.2 Å². The van der Waals surface area contributed by atoms with Crippen LogP contribution in [0, 0.1) is 0 Å². The van der Waals surface area contributed by atoms with Gasteiger partial charge in [0.15, 0.2) is 0 Å². The number of nitrogens with zero attached hydrogens (tertiary/aromatic N) is 2. The lowest BCUT2D eigenvalue weighted by Crippen LogP contribution is -2.44. The Kier molecular flexibility index (Phi) is 4.65. The van der Waals surface area contributed by atoms with E-state index >= 15 is 0 Å². The first-order valence-corrected chi connectivity index (χ1v) is 8.27. The fourth-order valence-corrected chi connectivity index (χ4v) is 4.18. The van der Waals surface area contributed by atoms with Crippen molar-refractivity contribution in [2.45, 2.75) is 23.8 Å². The van der Waals surface area contributed by atoms with E-state index < -0.39 is 16.0 Å². The highest BCUT2D eigenvalue weighted by Gasteiger charge is 2.32. The molecule has 0 aliphatic carbocycles. The van der Waals surface area contributed by atoms with Crippen LogP contribution in [0.2, 0.25) is 0 Å². The summed E-state index contributed by atoms with van der Waals surface area (Å²) in [6.45, 7) is 1.68. The van der Waals surface area contributed by atoms with Gasteiger partial charge in [0.05, 0.1) is 10.5 Å². The van der Waals surface area contributed by atoms with E-state index in [1.807, 2.05) is 7.05 Å². The number of benzene rings is 1. The smallest absolute Gasteiger partial charge is 0.337 e. The largest absolute Gasteiger partial charge is 0.478 e. The second kappa shape index (κ2) is 6.13. The van der Waals surface area contributed by atoms with Crippen LogP contribution in [0.3, 0.4) is 0 Å². The molecule has 0 radical (unpaired) electrons. The summed E-state index contributed by atoms with van der Waals surface area (Å²) in [6.07, 6.45) is 1.50. The molecular weight excluding hydrogens is 292 g/mol. The predicted molar refractivity (Wildman–Crippen MR) is 78.9 cm³/mol. The summed E-state index contributed by atoms with van der Waals surface area (Å²) in [5.41, 5.74) is -0.183. The van der Waals surface area contributed by atoms with Gasteiger partial charge in [0.25, 0.3) is 0 Å². The molecule has 6 nitrogen and oxygen atoms in total. The molecule has 0 saturated carbocycles. The van der Waals surface area contributed by atoms with E-state index in [1.165, 1.54) is 29.6 Å². The molecule has 0 spiro atoms. The zero-order valence-corrected chi connectivity index (χ0v) is 13.0. The molecular formula is C14H20N2O4S. The minimum Gasteiger partial charge on any atom is -0.478 e. The summed E-state index contributed by atoms with van der Waals surface area (Å²) in [6, 6.07) is 5.65. The van der Waals surface area contributed by atoms with Gasteiger partial charge in [-0.25, -0.2) is 13.2 Å². The van der Waals surface area contributed by atoms with E-state index in [2.05, 4.69) is 4.90 Å².